The molecule has 10 heteroatoms. The van der Waals surface area contributed by atoms with Gasteiger partial charge in [-0.05, 0) is 102 Å². The third-order valence-corrected chi connectivity index (χ3v) is 7.86. The van der Waals surface area contributed by atoms with Crippen LogP contribution in [0.2, 0.25) is 0 Å². The Labute approximate surface area is 262 Å². The number of carboxylic acids is 1. The van der Waals surface area contributed by atoms with Gasteiger partial charge in [-0.2, -0.15) is 23.5 Å². The van der Waals surface area contributed by atoms with E-state index < -0.39 is 29.6 Å². The van der Waals surface area contributed by atoms with Gasteiger partial charge in [-0.25, -0.2) is 8.78 Å². The van der Waals surface area contributed by atoms with Gasteiger partial charge in [0.1, 0.15) is 11.6 Å². The summed E-state index contributed by atoms with van der Waals surface area (Å²) in [6, 6.07) is 15.7. The molecule has 5 nitrogen and oxygen atoms in total. The van der Waals surface area contributed by atoms with Crippen molar-refractivity contribution in [2.45, 2.75) is 38.9 Å². The van der Waals surface area contributed by atoms with Gasteiger partial charge in [-0.3, -0.25) is 9.69 Å². The van der Waals surface area contributed by atoms with E-state index >= 15 is 0 Å². The maximum absolute atomic E-state index is 13.9. The van der Waals surface area contributed by atoms with Crippen LogP contribution < -0.4 is 29.3 Å². The number of carbonyl (C=O) groups is 2. The zero-order chi connectivity index (χ0) is 29.1. The molecule has 0 aliphatic heterocycles. The Bertz CT molecular complexity index is 1290. The monoisotopic (exact) mass is 592 g/mol. The minimum absolute atomic E-state index is 0. The number of hydrogen-bond donors (Lipinski definition) is 1. The zero-order valence-corrected chi connectivity index (χ0v) is 25.7. The van der Waals surface area contributed by atoms with Crippen molar-refractivity contribution in [3.8, 4) is 11.1 Å². The number of hydrogen-bond acceptors (Lipinski definition) is 6. The average Bonchev–Trinajstić information content (AvgIpc) is 2.90. The molecule has 0 aliphatic carbocycles. The van der Waals surface area contributed by atoms with Crippen molar-refractivity contribution in [3.63, 3.8) is 0 Å². The van der Waals surface area contributed by atoms with Gasteiger partial charge < -0.3 is 15.2 Å². The Morgan fingerprint density at radius 3 is 2.20 bits per heavy atom. The van der Waals surface area contributed by atoms with Crippen molar-refractivity contribution >= 4 is 35.4 Å². The van der Waals surface area contributed by atoms with Crippen LogP contribution in [0.3, 0.4) is 0 Å². The Balaban J connectivity index is 0.00000588. The zero-order valence-electron chi connectivity index (χ0n) is 24.0. The van der Waals surface area contributed by atoms with Crippen LogP contribution in [-0.4, -0.2) is 53.4 Å². The average molecular weight is 593 g/mol. The fourth-order valence-electron chi connectivity index (χ4n) is 4.57. The molecule has 0 heterocycles. The molecular formula is C31H35F2LiN2O3S2. The third kappa shape index (κ3) is 10.8. The molecule has 41 heavy (non-hydrogen) atoms. The summed E-state index contributed by atoms with van der Waals surface area (Å²) in [6.07, 6.45) is 5.08. The number of carboxylic acid groups (broad SMARTS) is 1. The molecule has 0 bridgehead atoms. The number of aliphatic carboxylic acids is 1. The number of aryl methyl sites for hydroxylation is 1. The number of amides is 1. The van der Waals surface area contributed by atoms with Gasteiger partial charge in [-0.1, -0.05) is 30.3 Å². The summed E-state index contributed by atoms with van der Waals surface area (Å²) in [4.78, 5) is 27.2. The molecule has 0 spiro atoms. The van der Waals surface area contributed by atoms with Crippen molar-refractivity contribution in [1.29, 1.82) is 0 Å². The summed E-state index contributed by atoms with van der Waals surface area (Å²) in [5.74, 6) is -1.48. The molecule has 0 saturated heterocycles. The van der Waals surface area contributed by atoms with Crippen molar-refractivity contribution in [1.82, 2.24) is 10.2 Å². The fraction of sp³-hybridized carbons (Fsp3) is 0.355. The van der Waals surface area contributed by atoms with Crippen LogP contribution in [0.5, 0.6) is 0 Å². The Kier molecular flexibility index (Phi) is 15.0. The molecule has 0 aromatic heterocycles. The number of halogens is 2. The number of nitrogens with zero attached hydrogens (tertiary/aromatic N) is 1. The van der Waals surface area contributed by atoms with Gasteiger partial charge in [-0.15, -0.1) is 0 Å². The summed E-state index contributed by atoms with van der Waals surface area (Å²) < 4.78 is 27.8. The van der Waals surface area contributed by atoms with Gasteiger partial charge in [0.25, 0.3) is 5.91 Å². The molecule has 1 amide bonds. The number of rotatable bonds is 15. The van der Waals surface area contributed by atoms with Crippen molar-refractivity contribution in [2.24, 2.45) is 0 Å². The van der Waals surface area contributed by atoms with Gasteiger partial charge in [0.2, 0.25) is 0 Å². The molecule has 0 aliphatic rings. The SMILES string of the molecule is CSCCCN(Cc1cc(F)cc(F)c1)Cc1ccc(C(=O)N[C@@H](CCSC)C(=O)[O-])c(-c2ccccc2C)c1.[Li+]. The van der Waals surface area contributed by atoms with Crippen LogP contribution in [-0.2, 0) is 17.9 Å². The van der Waals surface area contributed by atoms with E-state index in [-0.39, 0.29) is 25.3 Å². The van der Waals surface area contributed by atoms with Gasteiger partial charge in [0.15, 0.2) is 0 Å². The van der Waals surface area contributed by atoms with Crippen LogP contribution in [0.25, 0.3) is 11.1 Å². The van der Waals surface area contributed by atoms with E-state index in [0.29, 0.717) is 35.5 Å². The molecule has 0 saturated carbocycles. The maximum Gasteiger partial charge on any atom is 1.00 e. The Morgan fingerprint density at radius 1 is 0.902 bits per heavy atom. The summed E-state index contributed by atoms with van der Waals surface area (Å²) in [5.41, 5.74) is 4.37. The van der Waals surface area contributed by atoms with Crippen molar-refractivity contribution in [2.75, 3.05) is 30.6 Å². The van der Waals surface area contributed by atoms with Crippen LogP contribution in [0.15, 0.2) is 60.7 Å². The molecule has 3 rings (SSSR count). The second kappa shape index (κ2) is 17.6. The van der Waals surface area contributed by atoms with Crippen LogP contribution in [0.4, 0.5) is 8.78 Å². The van der Waals surface area contributed by atoms with Crippen LogP contribution in [0, 0.1) is 18.6 Å². The topological polar surface area (TPSA) is 72.5 Å². The van der Waals surface area contributed by atoms with E-state index in [9.17, 15) is 23.5 Å². The first-order valence-electron chi connectivity index (χ1n) is 13.1. The smallest absolute Gasteiger partial charge is 0.548 e. The minimum atomic E-state index is -1.31. The number of thioether (sulfide) groups is 2. The van der Waals surface area contributed by atoms with E-state index in [1.165, 1.54) is 23.9 Å². The van der Waals surface area contributed by atoms with Crippen molar-refractivity contribution < 1.29 is 42.3 Å². The predicted molar refractivity (Wildman–Crippen MR) is 159 cm³/mol. The molecule has 1 atom stereocenters. The molecule has 0 unspecified atom stereocenters. The number of nitrogens with one attached hydrogen (secondary N) is 1. The standard InChI is InChI=1S/C31H36F2N2O3S2.Li/c1-21-7-4-5-8-26(21)28-17-22(9-10-27(28)30(36)34-29(31(37)38)11-14-40-3)19-35(12-6-13-39-2)20-23-15-24(32)18-25(33)16-23;/h4-5,7-10,15-18,29H,6,11-14,19-20H2,1-3H3,(H,34,36)(H,37,38);/q;+1/p-1/t29-;/m0./s1. The van der Waals surface area contributed by atoms with Gasteiger partial charge in [0.05, 0.1) is 12.0 Å². The Hall–Kier alpha value is -2.28. The quantitative estimate of drug-likeness (QED) is 0.216. The van der Waals surface area contributed by atoms with E-state index in [2.05, 4.69) is 10.2 Å². The molecule has 3 aromatic rings. The van der Waals surface area contributed by atoms with Gasteiger partial charge in [0, 0.05) is 24.7 Å². The van der Waals surface area contributed by atoms with Gasteiger partial charge >= 0.3 is 18.9 Å². The summed E-state index contributed by atoms with van der Waals surface area (Å²) in [5, 5.41) is 14.3. The summed E-state index contributed by atoms with van der Waals surface area (Å²) in [6.45, 7) is 3.55. The molecule has 0 fully saturated rings. The van der Waals surface area contributed by atoms with E-state index in [1.807, 2.05) is 55.8 Å². The fourth-order valence-corrected chi connectivity index (χ4v) is 5.46. The molecular weight excluding hydrogens is 557 g/mol. The number of benzene rings is 3. The maximum atomic E-state index is 13.9. The molecule has 1 N–H and O–H groups in total. The second-order valence-corrected chi connectivity index (χ2v) is 11.6. The van der Waals surface area contributed by atoms with Crippen molar-refractivity contribution in [3.05, 3.63) is 94.6 Å². The predicted octanol–water partition coefficient (Wildman–Crippen LogP) is 2.30. The second-order valence-electron chi connectivity index (χ2n) is 9.66. The Morgan fingerprint density at radius 2 is 1.56 bits per heavy atom. The first kappa shape index (κ1) is 34.9. The first-order valence-corrected chi connectivity index (χ1v) is 15.9. The first-order chi connectivity index (χ1) is 19.2. The van der Waals surface area contributed by atoms with E-state index in [1.54, 1.807) is 17.8 Å². The number of carbonyl (C=O) groups excluding carboxylic acids is 2. The van der Waals surface area contributed by atoms with Crippen LogP contribution in [0.1, 0.15) is 39.9 Å². The molecule has 214 valence electrons. The summed E-state index contributed by atoms with van der Waals surface area (Å²) >= 11 is 3.24. The minimum Gasteiger partial charge on any atom is -0.548 e. The summed E-state index contributed by atoms with van der Waals surface area (Å²) in [7, 11) is 0. The molecule has 3 aromatic carbocycles. The largest absolute Gasteiger partial charge is 1.00 e. The molecule has 0 radical (unpaired) electrons. The third-order valence-electron chi connectivity index (χ3n) is 6.52. The van der Waals surface area contributed by atoms with Crippen LogP contribution >= 0.6 is 23.5 Å². The van der Waals surface area contributed by atoms with E-state index in [4.69, 9.17) is 0 Å². The van der Waals surface area contributed by atoms with E-state index in [0.717, 1.165) is 41.5 Å². The normalized spacial score (nSPS) is 11.7.